The van der Waals surface area contributed by atoms with Crippen molar-refractivity contribution in [1.29, 1.82) is 0 Å². The van der Waals surface area contributed by atoms with E-state index in [1.807, 2.05) is 0 Å². The topological polar surface area (TPSA) is 72.3 Å². The average Bonchev–Trinajstić information content (AvgIpc) is 0.722. The number of hydrogen-bond acceptors (Lipinski definition) is 3. The zero-order valence-corrected chi connectivity index (χ0v) is 2.81. The minimum absolute atomic E-state index is 1.75. The molecule has 0 amide bonds. The molecule has 0 rings (SSSR count). The van der Waals surface area contributed by atoms with E-state index in [4.69, 9.17) is 5.11 Å². The fourth-order valence-electron chi connectivity index (χ4n) is 0. The quantitative estimate of drug-likeness (QED) is 0.303. The lowest BCUT2D eigenvalue weighted by molar-refractivity contribution is 0.103. The highest BCUT2D eigenvalue weighted by Crippen LogP contribution is 1.68. The normalized spacial score (nSPS) is 12.0. The molecule has 0 heterocycles. The summed E-state index contributed by atoms with van der Waals surface area (Å²) in [4.78, 5) is 0. The summed E-state index contributed by atoms with van der Waals surface area (Å²) in [5, 5.41) is 7.97. The summed E-state index contributed by atoms with van der Waals surface area (Å²) in [6.07, 6.45) is 0. The van der Waals surface area contributed by atoms with Gasteiger partial charge in [-0.15, -0.1) is 0 Å². The van der Waals surface area contributed by atoms with Gasteiger partial charge in [0.05, 0.1) is 0 Å². The van der Waals surface area contributed by atoms with Crippen molar-refractivity contribution >= 4 is 0 Å². The first-order valence-corrected chi connectivity index (χ1v) is 1.15. The molecule has 0 aliphatic carbocycles. The monoisotopic (exact) mass is 75.1 g/mol. The molecule has 0 aromatic rings. The van der Waals surface area contributed by atoms with E-state index in [1.165, 1.54) is 0 Å². The smallest absolute Gasteiger partial charge is 0.166 e. The van der Waals surface area contributed by atoms with Gasteiger partial charge in [-0.3, -0.25) is 11.5 Å². The molecule has 0 spiro atoms. The van der Waals surface area contributed by atoms with Crippen LogP contribution in [0.4, 0.5) is 0 Å². The predicted octanol–water partition coefficient (Wildman–Crippen LogP) is -1.62. The van der Waals surface area contributed by atoms with E-state index in [0.717, 1.165) is 0 Å². The highest BCUT2D eigenvalue weighted by Gasteiger charge is 1.98. The van der Waals surface area contributed by atoms with Crippen LogP contribution < -0.4 is 11.5 Å². The van der Waals surface area contributed by atoms with Crippen LogP contribution in [0.1, 0.15) is 0 Å². The summed E-state index contributed by atoms with van der Waals surface area (Å²) < 4.78 is 0. The molecule has 0 atom stereocenters. The van der Waals surface area contributed by atoms with Gasteiger partial charge < -0.3 is 5.11 Å². The lowest BCUT2D eigenvalue weighted by atomic mass is 10.6. The third-order valence-electron chi connectivity index (χ3n) is 0. The van der Waals surface area contributed by atoms with Crippen molar-refractivity contribution < 1.29 is 5.11 Å². The molecule has 3 heteroatoms. The Morgan fingerprint density at radius 3 is 1.60 bits per heavy atom. The second-order valence-corrected chi connectivity index (χ2v) is 0.991. The summed E-state index contributed by atoms with van der Waals surface area (Å²) in [5.74, 6) is -1.75. The van der Waals surface area contributed by atoms with E-state index in [9.17, 15) is 0 Å². The van der Waals surface area contributed by atoms with Gasteiger partial charge in [0.1, 0.15) is 0 Å². The highest BCUT2D eigenvalue weighted by molar-refractivity contribution is 4.60. The summed E-state index contributed by atoms with van der Waals surface area (Å²) in [6, 6.07) is 0. The van der Waals surface area contributed by atoms with Crippen molar-refractivity contribution in [2.75, 3.05) is 0 Å². The van der Waals surface area contributed by atoms with Crippen molar-refractivity contribution in [2.45, 2.75) is 5.85 Å². The van der Waals surface area contributed by atoms with Crippen LogP contribution in [0.3, 0.4) is 0 Å². The minimum atomic E-state index is -1.75. The van der Waals surface area contributed by atoms with Crippen LogP contribution in [0.2, 0.25) is 0 Å². The Hall–Kier alpha value is -0.120. The van der Waals surface area contributed by atoms with Crippen LogP contribution in [0.5, 0.6) is 0 Å². The van der Waals surface area contributed by atoms with Crippen LogP contribution in [-0.4, -0.2) is 11.0 Å². The van der Waals surface area contributed by atoms with Gasteiger partial charge in [0.15, 0.2) is 5.85 Å². The third-order valence-corrected chi connectivity index (χ3v) is 0. The van der Waals surface area contributed by atoms with Crippen molar-refractivity contribution in [2.24, 2.45) is 11.5 Å². The molecule has 0 saturated heterocycles. The molecule has 0 aromatic heterocycles. The Morgan fingerprint density at radius 2 is 1.60 bits per heavy atom. The molecule has 0 aliphatic rings. The van der Waals surface area contributed by atoms with Gasteiger partial charge in [-0.2, -0.15) is 0 Å². The average molecular weight is 75.1 g/mol. The summed E-state index contributed by atoms with van der Waals surface area (Å²) in [7, 11) is 0. The second kappa shape index (κ2) is 0.931. The van der Waals surface area contributed by atoms with E-state index in [1.54, 1.807) is 0 Å². The van der Waals surface area contributed by atoms with Gasteiger partial charge in [-0.05, 0) is 0 Å². The number of rotatable bonds is 0. The number of aliphatic hydroxyl groups is 1. The molecule has 5 heavy (non-hydrogen) atoms. The Balaban J connectivity index is 3.02. The molecular formula is C2H7N2O. The molecule has 0 bridgehead atoms. The summed E-state index contributed by atoms with van der Waals surface area (Å²) >= 11 is 0. The Kier molecular flexibility index (Phi) is 0.908. The Morgan fingerprint density at radius 1 is 1.60 bits per heavy atom. The number of hydrogen-bond donors (Lipinski definition) is 3. The molecule has 31 valence electrons. The van der Waals surface area contributed by atoms with Crippen LogP contribution >= 0.6 is 0 Å². The van der Waals surface area contributed by atoms with Crippen molar-refractivity contribution in [1.82, 2.24) is 0 Å². The van der Waals surface area contributed by atoms with E-state index in [0.29, 0.717) is 0 Å². The molecule has 5 N–H and O–H groups in total. The first-order valence-electron chi connectivity index (χ1n) is 1.15. The minimum Gasteiger partial charge on any atom is -0.363 e. The number of nitrogens with two attached hydrogens (primary N) is 2. The molecule has 0 aromatic carbocycles. The van der Waals surface area contributed by atoms with E-state index < -0.39 is 5.85 Å². The maximum absolute atomic E-state index is 7.97. The SMILES string of the molecule is [CH2]C(N)(N)O. The van der Waals surface area contributed by atoms with E-state index >= 15 is 0 Å². The van der Waals surface area contributed by atoms with Crippen molar-refractivity contribution in [3.8, 4) is 0 Å². The molecule has 1 radical (unpaired) electrons. The van der Waals surface area contributed by atoms with Gasteiger partial charge in [-0.25, -0.2) is 0 Å². The largest absolute Gasteiger partial charge is 0.363 e. The third kappa shape index (κ3) is 952. The zero-order valence-electron chi connectivity index (χ0n) is 2.81. The molecule has 0 saturated carbocycles. The Bertz CT molecular complexity index is 23.1. The fraction of sp³-hybridized carbons (Fsp3) is 0.500. The molecule has 0 unspecified atom stereocenters. The molecule has 0 aliphatic heterocycles. The Labute approximate surface area is 30.6 Å². The van der Waals surface area contributed by atoms with Crippen molar-refractivity contribution in [3.63, 3.8) is 0 Å². The standard InChI is InChI=1S/C2H7N2O/c1-2(3,4)5/h5H,1,3-4H2. The van der Waals surface area contributed by atoms with Gasteiger partial charge >= 0.3 is 0 Å². The van der Waals surface area contributed by atoms with Crippen LogP contribution in [0.25, 0.3) is 0 Å². The van der Waals surface area contributed by atoms with Gasteiger partial charge in [-0.1, -0.05) is 0 Å². The first-order chi connectivity index (χ1) is 2.00. The van der Waals surface area contributed by atoms with E-state index in [2.05, 4.69) is 18.4 Å². The maximum atomic E-state index is 7.97. The molecule has 0 fully saturated rings. The fourth-order valence-corrected chi connectivity index (χ4v) is 0. The van der Waals surface area contributed by atoms with Gasteiger partial charge in [0.2, 0.25) is 0 Å². The maximum Gasteiger partial charge on any atom is 0.166 e. The lowest BCUT2D eigenvalue weighted by Gasteiger charge is -2.05. The van der Waals surface area contributed by atoms with Gasteiger partial charge in [0, 0.05) is 6.92 Å². The summed E-state index contributed by atoms with van der Waals surface area (Å²) in [5.41, 5.74) is 9.15. The predicted molar refractivity (Wildman–Crippen MR) is 18.7 cm³/mol. The summed E-state index contributed by atoms with van der Waals surface area (Å²) in [6.45, 7) is 2.88. The second-order valence-electron chi connectivity index (χ2n) is 0.991. The molecule has 3 nitrogen and oxygen atoms in total. The van der Waals surface area contributed by atoms with Crippen molar-refractivity contribution in [3.05, 3.63) is 6.92 Å². The lowest BCUT2D eigenvalue weighted by Crippen LogP contribution is -2.45. The van der Waals surface area contributed by atoms with Crippen LogP contribution in [-0.2, 0) is 0 Å². The highest BCUT2D eigenvalue weighted by atomic mass is 16.3. The molecular weight excluding hydrogens is 68.0 g/mol. The van der Waals surface area contributed by atoms with Crippen LogP contribution in [0, 0.1) is 6.92 Å². The van der Waals surface area contributed by atoms with Crippen LogP contribution in [0.15, 0.2) is 0 Å². The first kappa shape index (κ1) is 4.88. The van der Waals surface area contributed by atoms with Gasteiger partial charge in [0.25, 0.3) is 0 Å². The zero-order chi connectivity index (χ0) is 4.50. The van der Waals surface area contributed by atoms with E-state index in [-0.39, 0.29) is 0 Å².